The maximum Gasteiger partial charge on any atom is 0.224 e. The number of hydrogen-bond donors (Lipinski definition) is 2. The third-order valence-electron chi connectivity index (χ3n) is 3.80. The Morgan fingerprint density at radius 2 is 1.75 bits per heavy atom. The molecular formula is C18H15N5S. The minimum atomic E-state index is 0.144. The summed E-state index contributed by atoms with van der Waals surface area (Å²) in [4.78, 5) is 13.7. The number of fused-ring (bicyclic) bond motifs is 2. The van der Waals surface area contributed by atoms with Crippen molar-refractivity contribution in [1.29, 1.82) is 0 Å². The minimum absolute atomic E-state index is 0.144. The van der Waals surface area contributed by atoms with Crippen molar-refractivity contribution in [1.82, 2.24) is 15.0 Å². The van der Waals surface area contributed by atoms with E-state index in [0.717, 1.165) is 16.7 Å². The molecule has 0 unspecified atom stereocenters. The summed E-state index contributed by atoms with van der Waals surface area (Å²) < 4.78 is 0. The van der Waals surface area contributed by atoms with Crippen molar-refractivity contribution in [2.24, 2.45) is 0 Å². The summed E-state index contributed by atoms with van der Waals surface area (Å²) in [5.41, 5.74) is 13.1. The molecule has 0 atom stereocenters. The zero-order valence-electron chi connectivity index (χ0n) is 12.8. The Hall–Kier alpha value is -2.86. The van der Waals surface area contributed by atoms with E-state index in [4.69, 9.17) is 11.5 Å². The molecule has 0 aliphatic rings. The standard InChI is InChI=1S/C18H15N5S/c19-16-14-8-11(9-21-17(14)23-18(20)22-16)10-24-15-7-3-5-12-4-1-2-6-13(12)15/h1-9H,10H2,(H4,19,20,21,22,23). The van der Waals surface area contributed by atoms with Crippen molar-refractivity contribution in [3.05, 3.63) is 60.3 Å². The van der Waals surface area contributed by atoms with Crippen molar-refractivity contribution in [2.75, 3.05) is 11.5 Å². The lowest BCUT2D eigenvalue weighted by Crippen LogP contribution is -2.02. The van der Waals surface area contributed by atoms with E-state index in [0.29, 0.717) is 11.5 Å². The van der Waals surface area contributed by atoms with E-state index in [-0.39, 0.29) is 5.95 Å². The number of aromatic nitrogens is 3. The fraction of sp³-hybridized carbons (Fsp3) is 0.0556. The van der Waals surface area contributed by atoms with Gasteiger partial charge in [0.15, 0.2) is 5.65 Å². The summed E-state index contributed by atoms with van der Waals surface area (Å²) in [7, 11) is 0. The number of thioether (sulfide) groups is 1. The Bertz CT molecular complexity index is 1040. The largest absolute Gasteiger partial charge is 0.383 e. The van der Waals surface area contributed by atoms with Crippen LogP contribution in [-0.2, 0) is 5.75 Å². The molecule has 0 fully saturated rings. The first kappa shape index (κ1) is 14.7. The highest BCUT2D eigenvalue weighted by molar-refractivity contribution is 7.98. The second kappa shape index (κ2) is 5.98. The molecule has 0 amide bonds. The van der Waals surface area contributed by atoms with Gasteiger partial charge < -0.3 is 11.5 Å². The summed E-state index contributed by atoms with van der Waals surface area (Å²) in [6, 6.07) is 16.7. The molecule has 0 radical (unpaired) electrons. The van der Waals surface area contributed by atoms with E-state index < -0.39 is 0 Å². The summed E-state index contributed by atoms with van der Waals surface area (Å²) in [5.74, 6) is 1.30. The number of nitrogen functional groups attached to an aromatic ring is 2. The van der Waals surface area contributed by atoms with Gasteiger partial charge in [-0.05, 0) is 28.5 Å². The van der Waals surface area contributed by atoms with Gasteiger partial charge in [-0.25, -0.2) is 4.98 Å². The number of hydrogen-bond acceptors (Lipinski definition) is 6. The number of anilines is 2. The van der Waals surface area contributed by atoms with Crippen LogP contribution < -0.4 is 11.5 Å². The number of pyridine rings is 1. The monoisotopic (exact) mass is 333 g/mol. The Balaban J connectivity index is 1.65. The topological polar surface area (TPSA) is 90.7 Å². The highest BCUT2D eigenvalue weighted by Gasteiger charge is 2.07. The van der Waals surface area contributed by atoms with Crippen LogP contribution in [-0.4, -0.2) is 15.0 Å². The fourth-order valence-corrected chi connectivity index (χ4v) is 3.65. The molecule has 6 heteroatoms. The highest BCUT2D eigenvalue weighted by atomic mass is 32.2. The van der Waals surface area contributed by atoms with Crippen LogP contribution in [0.25, 0.3) is 21.8 Å². The van der Waals surface area contributed by atoms with E-state index in [1.807, 2.05) is 12.3 Å². The lowest BCUT2D eigenvalue weighted by Gasteiger charge is -2.07. The Labute approximate surface area is 143 Å². The molecule has 0 bridgehead atoms. The van der Waals surface area contributed by atoms with Crippen LogP contribution in [0.5, 0.6) is 0 Å². The highest BCUT2D eigenvalue weighted by Crippen LogP contribution is 2.30. The first-order valence-corrected chi connectivity index (χ1v) is 8.47. The van der Waals surface area contributed by atoms with Crippen molar-refractivity contribution in [3.63, 3.8) is 0 Å². The van der Waals surface area contributed by atoms with E-state index >= 15 is 0 Å². The molecule has 4 aromatic rings. The number of benzene rings is 2. The summed E-state index contributed by atoms with van der Waals surface area (Å²) in [6.07, 6.45) is 1.81. The van der Waals surface area contributed by atoms with Gasteiger partial charge >= 0.3 is 0 Å². The first-order chi connectivity index (χ1) is 11.7. The molecule has 2 aromatic carbocycles. The molecular weight excluding hydrogens is 318 g/mol. The zero-order valence-corrected chi connectivity index (χ0v) is 13.6. The van der Waals surface area contributed by atoms with Crippen LogP contribution in [0, 0.1) is 0 Å². The fourth-order valence-electron chi connectivity index (χ4n) is 2.66. The Morgan fingerprint density at radius 1 is 0.917 bits per heavy atom. The Kier molecular flexibility index (Phi) is 3.66. The predicted molar refractivity (Wildman–Crippen MR) is 99.7 cm³/mol. The molecule has 2 heterocycles. The van der Waals surface area contributed by atoms with Crippen molar-refractivity contribution in [2.45, 2.75) is 10.6 Å². The smallest absolute Gasteiger partial charge is 0.224 e. The third-order valence-corrected chi connectivity index (χ3v) is 4.94. The van der Waals surface area contributed by atoms with Gasteiger partial charge in [-0.15, -0.1) is 11.8 Å². The van der Waals surface area contributed by atoms with Crippen LogP contribution in [0.2, 0.25) is 0 Å². The van der Waals surface area contributed by atoms with Gasteiger partial charge in [0, 0.05) is 16.8 Å². The lowest BCUT2D eigenvalue weighted by molar-refractivity contribution is 1.19. The van der Waals surface area contributed by atoms with E-state index in [2.05, 4.69) is 57.4 Å². The van der Waals surface area contributed by atoms with Crippen LogP contribution in [0.3, 0.4) is 0 Å². The molecule has 24 heavy (non-hydrogen) atoms. The van der Waals surface area contributed by atoms with Gasteiger partial charge in [-0.2, -0.15) is 9.97 Å². The molecule has 0 saturated carbocycles. The molecule has 4 rings (SSSR count). The van der Waals surface area contributed by atoms with Gasteiger partial charge in [0.05, 0.1) is 5.39 Å². The number of nitrogens with zero attached hydrogens (tertiary/aromatic N) is 3. The number of nitrogens with two attached hydrogens (primary N) is 2. The molecule has 2 aromatic heterocycles. The molecule has 0 aliphatic carbocycles. The van der Waals surface area contributed by atoms with E-state index in [1.165, 1.54) is 15.7 Å². The van der Waals surface area contributed by atoms with Gasteiger partial charge in [-0.3, -0.25) is 0 Å². The van der Waals surface area contributed by atoms with Crippen molar-refractivity contribution >= 4 is 45.3 Å². The summed E-state index contributed by atoms with van der Waals surface area (Å²) in [6.45, 7) is 0. The quantitative estimate of drug-likeness (QED) is 0.556. The van der Waals surface area contributed by atoms with Gasteiger partial charge in [0.2, 0.25) is 5.95 Å². The van der Waals surface area contributed by atoms with Crippen LogP contribution in [0.1, 0.15) is 5.56 Å². The molecule has 0 aliphatic heterocycles. The third kappa shape index (κ3) is 2.72. The summed E-state index contributed by atoms with van der Waals surface area (Å²) >= 11 is 1.77. The van der Waals surface area contributed by atoms with Crippen molar-refractivity contribution < 1.29 is 0 Å². The minimum Gasteiger partial charge on any atom is -0.383 e. The van der Waals surface area contributed by atoms with Gasteiger partial charge in [0.25, 0.3) is 0 Å². The molecule has 5 nitrogen and oxygen atoms in total. The maximum atomic E-state index is 5.93. The predicted octanol–water partition coefficient (Wildman–Crippen LogP) is 3.63. The lowest BCUT2D eigenvalue weighted by atomic mass is 10.1. The Morgan fingerprint density at radius 3 is 2.67 bits per heavy atom. The maximum absolute atomic E-state index is 5.93. The zero-order chi connectivity index (χ0) is 16.5. The van der Waals surface area contributed by atoms with Crippen molar-refractivity contribution in [3.8, 4) is 0 Å². The van der Waals surface area contributed by atoms with Gasteiger partial charge in [0.1, 0.15) is 5.82 Å². The molecule has 118 valence electrons. The SMILES string of the molecule is Nc1nc(N)c2cc(CSc3cccc4ccccc34)cnc2n1. The summed E-state index contributed by atoms with van der Waals surface area (Å²) in [5, 5.41) is 3.24. The van der Waals surface area contributed by atoms with E-state index in [9.17, 15) is 0 Å². The molecule has 4 N–H and O–H groups in total. The molecule has 0 saturated heterocycles. The second-order valence-electron chi connectivity index (χ2n) is 5.45. The van der Waals surface area contributed by atoms with Gasteiger partial charge in [-0.1, -0.05) is 36.4 Å². The first-order valence-electron chi connectivity index (χ1n) is 7.49. The average molecular weight is 333 g/mol. The average Bonchev–Trinajstić information content (AvgIpc) is 2.60. The molecule has 0 spiro atoms. The second-order valence-corrected chi connectivity index (χ2v) is 6.46. The van der Waals surface area contributed by atoms with Crippen LogP contribution in [0.15, 0.2) is 59.6 Å². The van der Waals surface area contributed by atoms with Crippen LogP contribution >= 0.6 is 11.8 Å². The van der Waals surface area contributed by atoms with E-state index in [1.54, 1.807) is 11.8 Å². The number of rotatable bonds is 3. The normalized spacial score (nSPS) is 11.2. The van der Waals surface area contributed by atoms with Crippen LogP contribution in [0.4, 0.5) is 11.8 Å².